The second-order valence-corrected chi connectivity index (χ2v) is 7.67. The van der Waals surface area contributed by atoms with Gasteiger partial charge in [-0.05, 0) is 31.0 Å². The average molecular weight is 399 g/mol. The van der Waals surface area contributed by atoms with E-state index in [4.69, 9.17) is 28.6 Å². The molecule has 0 aliphatic carbocycles. The van der Waals surface area contributed by atoms with Crippen LogP contribution in [0.1, 0.15) is 19.8 Å². The zero-order chi connectivity index (χ0) is 18.4. The fraction of sp³-hybridized carbons (Fsp3) is 0.706. The summed E-state index contributed by atoms with van der Waals surface area (Å²) in [6.07, 6.45) is 2.35. The second kappa shape index (κ2) is 9.64. The largest absolute Gasteiger partial charge is 0.379 e. The van der Waals surface area contributed by atoms with Crippen molar-refractivity contribution in [1.29, 1.82) is 0 Å². The van der Waals surface area contributed by atoms with Crippen LogP contribution in [0.25, 0.3) is 0 Å². The summed E-state index contributed by atoms with van der Waals surface area (Å²) < 4.78 is 5.35. The summed E-state index contributed by atoms with van der Waals surface area (Å²) in [5.74, 6) is 2.06. The van der Waals surface area contributed by atoms with E-state index in [-0.39, 0.29) is 0 Å². The number of rotatable bonds is 5. The zero-order valence-electron chi connectivity index (χ0n) is 15.2. The molecule has 0 atom stereocenters. The van der Waals surface area contributed by atoms with Crippen LogP contribution in [0, 0.1) is 5.92 Å². The third-order valence-corrected chi connectivity index (χ3v) is 5.27. The third-order valence-electron chi connectivity index (χ3n) is 4.83. The molecule has 26 heavy (non-hydrogen) atoms. The molecule has 3 rings (SSSR count). The number of anilines is 2. The second-order valence-electron chi connectivity index (χ2n) is 6.88. The lowest BCUT2D eigenvalue weighted by atomic mass is 9.99. The topological polar surface area (TPSA) is 65.6 Å². The number of morpholine rings is 1. The highest BCUT2D eigenvalue weighted by Gasteiger charge is 2.18. The van der Waals surface area contributed by atoms with Gasteiger partial charge in [-0.15, -0.1) is 0 Å². The van der Waals surface area contributed by atoms with Crippen molar-refractivity contribution in [1.82, 2.24) is 20.2 Å². The van der Waals surface area contributed by atoms with E-state index in [1.807, 2.05) is 6.07 Å². The Balaban J connectivity index is 1.49. The molecule has 1 aromatic rings. The monoisotopic (exact) mass is 398 g/mol. The molecule has 0 saturated carbocycles. The highest BCUT2D eigenvalue weighted by Crippen LogP contribution is 2.24. The summed E-state index contributed by atoms with van der Waals surface area (Å²) in [5.41, 5.74) is 0. The Bertz CT molecular complexity index is 605. The van der Waals surface area contributed by atoms with E-state index >= 15 is 0 Å². The number of hydrogen-bond acceptors (Lipinski definition) is 6. The fourth-order valence-electron chi connectivity index (χ4n) is 3.16. The first-order chi connectivity index (χ1) is 12.6. The molecule has 0 aromatic carbocycles. The molecule has 0 amide bonds. The number of nitrogens with zero attached hydrogens (tertiary/aromatic N) is 4. The maximum atomic E-state index is 6.19. The normalized spacial score (nSPS) is 19.4. The quantitative estimate of drug-likeness (QED) is 0.576. The van der Waals surface area contributed by atoms with Crippen LogP contribution < -0.4 is 15.5 Å². The molecule has 2 aliphatic heterocycles. The molecular formula is C17H27ClN6OS. The van der Waals surface area contributed by atoms with Crippen molar-refractivity contribution < 1.29 is 4.74 Å². The first-order valence-corrected chi connectivity index (χ1v) is 10.0. The number of ether oxygens (including phenoxy) is 1. The summed E-state index contributed by atoms with van der Waals surface area (Å²) in [6, 6.07) is 1.82. The number of piperidine rings is 1. The van der Waals surface area contributed by atoms with Crippen molar-refractivity contribution in [3.63, 3.8) is 0 Å². The summed E-state index contributed by atoms with van der Waals surface area (Å²) in [7, 11) is 0. The van der Waals surface area contributed by atoms with Gasteiger partial charge in [0.2, 0.25) is 5.95 Å². The first-order valence-electron chi connectivity index (χ1n) is 9.24. The lowest BCUT2D eigenvalue weighted by Crippen LogP contribution is -2.42. The first kappa shape index (κ1) is 19.5. The van der Waals surface area contributed by atoms with Crippen LogP contribution in [0.2, 0.25) is 5.15 Å². The standard InChI is InChI=1S/C17H27ClN6OS/c1-13-2-5-24(6-3-13)15-12-14(18)20-16(21-15)22-17(26)19-4-7-23-8-10-25-11-9-23/h12-13H,2-11H2,1H3,(H2,19,20,21,22,26). The van der Waals surface area contributed by atoms with Crippen LogP contribution in [-0.2, 0) is 4.74 Å². The van der Waals surface area contributed by atoms with Crippen LogP contribution in [0.15, 0.2) is 6.07 Å². The van der Waals surface area contributed by atoms with Crippen LogP contribution in [0.5, 0.6) is 0 Å². The molecule has 0 unspecified atom stereocenters. The van der Waals surface area contributed by atoms with Gasteiger partial charge >= 0.3 is 0 Å². The third kappa shape index (κ3) is 5.90. The Labute approximate surface area is 165 Å². The number of halogens is 1. The number of hydrogen-bond donors (Lipinski definition) is 2. The Morgan fingerprint density at radius 2 is 2.00 bits per heavy atom. The van der Waals surface area contributed by atoms with E-state index < -0.39 is 0 Å². The van der Waals surface area contributed by atoms with E-state index in [0.717, 1.165) is 64.2 Å². The van der Waals surface area contributed by atoms with Crippen molar-refractivity contribution in [2.45, 2.75) is 19.8 Å². The van der Waals surface area contributed by atoms with Gasteiger partial charge in [0.25, 0.3) is 0 Å². The molecule has 0 radical (unpaired) electrons. The summed E-state index contributed by atoms with van der Waals surface area (Å²) in [6.45, 7) is 9.52. The Morgan fingerprint density at radius 1 is 1.27 bits per heavy atom. The van der Waals surface area contributed by atoms with Crippen LogP contribution >= 0.6 is 23.8 Å². The fourth-order valence-corrected chi connectivity index (χ4v) is 3.53. The maximum absolute atomic E-state index is 6.19. The number of nitrogens with one attached hydrogen (secondary N) is 2. The van der Waals surface area contributed by atoms with Crippen molar-refractivity contribution in [3.05, 3.63) is 11.2 Å². The SMILES string of the molecule is CC1CCN(c2cc(Cl)nc(NC(=S)NCCN3CCOCC3)n2)CC1. The minimum atomic E-state index is 0.423. The molecular weight excluding hydrogens is 372 g/mol. The smallest absolute Gasteiger partial charge is 0.232 e. The summed E-state index contributed by atoms with van der Waals surface area (Å²) in [4.78, 5) is 13.4. The van der Waals surface area contributed by atoms with E-state index in [1.54, 1.807) is 0 Å². The van der Waals surface area contributed by atoms with Crippen molar-refractivity contribution in [2.24, 2.45) is 5.92 Å². The van der Waals surface area contributed by atoms with Crippen molar-refractivity contribution in [3.8, 4) is 0 Å². The zero-order valence-corrected chi connectivity index (χ0v) is 16.8. The molecule has 2 fully saturated rings. The van der Waals surface area contributed by atoms with Gasteiger partial charge < -0.3 is 20.3 Å². The Hall–Kier alpha value is -1.22. The van der Waals surface area contributed by atoms with E-state index in [9.17, 15) is 0 Å². The average Bonchev–Trinajstić information content (AvgIpc) is 2.62. The van der Waals surface area contributed by atoms with E-state index in [2.05, 4.69) is 37.3 Å². The Morgan fingerprint density at radius 3 is 2.73 bits per heavy atom. The van der Waals surface area contributed by atoms with Gasteiger partial charge in [-0.1, -0.05) is 18.5 Å². The lowest BCUT2D eigenvalue weighted by molar-refractivity contribution is 0.0389. The Kier molecular flexibility index (Phi) is 7.24. The number of aromatic nitrogens is 2. The van der Waals surface area contributed by atoms with Gasteiger partial charge in [-0.2, -0.15) is 4.98 Å². The molecule has 0 bridgehead atoms. The van der Waals surface area contributed by atoms with Crippen molar-refractivity contribution in [2.75, 3.05) is 62.7 Å². The van der Waals surface area contributed by atoms with Crippen LogP contribution in [0.4, 0.5) is 11.8 Å². The molecule has 0 spiro atoms. The van der Waals surface area contributed by atoms with Gasteiger partial charge in [-0.3, -0.25) is 4.90 Å². The van der Waals surface area contributed by atoms with Gasteiger partial charge in [-0.25, -0.2) is 4.98 Å². The molecule has 1 aromatic heterocycles. The lowest BCUT2D eigenvalue weighted by Gasteiger charge is -2.31. The minimum absolute atomic E-state index is 0.423. The van der Waals surface area contributed by atoms with E-state index in [1.165, 1.54) is 12.8 Å². The van der Waals surface area contributed by atoms with Gasteiger partial charge in [0, 0.05) is 45.3 Å². The minimum Gasteiger partial charge on any atom is -0.379 e. The van der Waals surface area contributed by atoms with E-state index in [0.29, 0.717) is 16.2 Å². The molecule has 3 heterocycles. The van der Waals surface area contributed by atoms with Gasteiger partial charge in [0.1, 0.15) is 11.0 Å². The highest BCUT2D eigenvalue weighted by molar-refractivity contribution is 7.80. The molecule has 144 valence electrons. The molecule has 2 saturated heterocycles. The predicted molar refractivity (Wildman–Crippen MR) is 109 cm³/mol. The molecule has 9 heteroatoms. The summed E-state index contributed by atoms with van der Waals surface area (Å²) in [5, 5.41) is 7.19. The van der Waals surface area contributed by atoms with Gasteiger partial charge in [0.15, 0.2) is 5.11 Å². The number of thiocarbonyl (C=S) groups is 1. The van der Waals surface area contributed by atoms with Crippen LogP contribution in [-0.4, -0.2) is 72.5 Å². The molecule has 7 nitrogen and oxygen atoms in total. The molecule has 2 N–H and O–H groups in total. The van der Waals surface area contributed by atoms with Gasteiger partial charge in [0.05, 0.1) is 13.2 Å². The highest BCUT2D eigenvalue weighted by atomic mass is 35.5. The van der Waals surface area contributed by atoms with Crippen molar-refractivity contribution >= 4 is 40.7 Å². The maximum Gasteiger partial charge on any atom is 0.232 e. The van der Waals surface area contributed by atoms with Crippen LogP contribution in [0.3, 0.4) is 0 Å². The summed E-state index contributed by atoms with van der Waals surface area (Å²) >= 11 is 11.5. The predicted octanol–water partition coefficient (Wildman–Crippen LogP) is 1.98. The molecule has 2 aliphatic rings.